The molecule has 1 atom stereocenters. The molecule has 0 radical (unpaired) electrons. The molecule has 10 heteroatoms. The predicted octanol–water partition coefficient (Wildman–Crippen LogP) is 4.17. The highest BCUT2D eigenvalue weighted by molar-refractivity contribution is 7.97. The number of amides is 2. The van der Waals surface area contributed by atoms with Crippen molar-refractivity contribution in [3.05, 3.63) is 82.8 Å². The number of nitrogens with one attached hydrogen (secondary N) is 1. The van der Waals surface area contributed by atoms with Crippen LogP contribution in [0.15, 0.2) is 71.6 Å². The molecule has 192 valence electrons. The van der Waals surface area contributed by atoms with Gasteiger partial charge < -0.3 is 19.5 Å². The average Bonchev–Trinajstić information content (AvgIpc) is 3.08. The summed E-state index contributed by atoms with van der Waals surface area (Å²) in [6.45, 7) is 1.36. The lowest BCUT2D eigenvalue weighted by molar-refractivity contribution is -0.115. The van der Waals surface area contributed by atoms with E-state index >= 15 is 0 Å². The van der Waals surface area contributed by atoms with Gasteiger partial charge in [-0.2, -0.15) is 0 Å². The lowest BCUT2D eigenvalue weighted by atomic mass is 10.1. The minimum atomic E-state index is -4.18. The van der Waals surface area contributed by atoms with E-state index < -0.39 is 21.1 Å². The normalized spacial score (nSPS) is 17.5. The van der Waals surface area contributed by atoms with Crippen LogP contribution in [-0.2, 0) is 19.4 Å². The molecular formula is C27H26N2O7S. The van der Waals surface area contributed by atoms with Crippen LogP contribution in [0.2, 0.25) is 0 Å². The molecule has 1 fully saturated rings. The van der Waals surface area contributed by atoms with E-state index in [9.17, 15) is 18.0 Å². The van der Waals surface area contributed by atoms with Gasteiger partial charge in [0.2, 0.25) is 21.5 Å². The molecular weight excluding hydrogens is 496 g/mol. The fraction of sp³-hybridized carbons (Fsp3) is 0.185. The second-order valence-electron chi connectivity index (χ2n) is 8.18. The molecule has 2 amide bonds. The van der Waals surface area contributed by atoms with E-state index in [0.29, 0.717) is 39.8 Å². The molecule has 0 aromatic heterocycles. The molecule has 37 heavy (non-hydrogen) atoms. The number of benzene rings is 3. The Hall–Kier alpha value is -4.31. The number of anilines is 2. The minimum Gasteiger partial charge on any atom is -0.493 e. The number of carbonyl (C=O) groups excluding carboxylic acids is 2. The van der Waals surface area contributed by atoms with Crippen molar-refractivity contribution >= 4 is 39.1 Å². The topological polar surface area (TPSA) is 111 Å². The van der Waals surface area contributed by atoms with Crippen LogP contribution in [0.1, 0.15) is 23.4 Å². The summed E-state index contributed by atoms with van der Waals surface area (Å²) in [5, 5.41) is 1.36. The van der Waals surface area contributed by atoms with Gasteiger partial charge in [-0.25, -0.2) is 8.42 Å². The first-order valence-electron chi connectivity index (χ1n) is 11.2. The summed E-state index contributed by atoms with van der Waals surface area (Å²) >= 11 is 0. The summed E-state index contributed by atoms with van der Waals surface area (Å²) in [7, 11) is 0.171. The Bertz CT molecular complexity index is 1460. The van der Waals surface area contributed by atoms with Crippen molar-refractivity contribution in [3.63, 3.8) is 0 Å². The highest BCUT2D eigenvalue weighted by Gasteiger charge is 2.50. The van der Waals surface area contributed by atoms with E-state index in [4.69, 9.17) is 14.2 Å². The van der Waals surface area contributed by atoms with Gasteiger partial charge in [0, 0.05) is 18.3 Å². The average molecular weight is 523 g/mol. The molecule has 1 heterocycles. The highest BCUT2D eigenvalue weighted by Crippen LogP contribution is 2.45. The highest BCUT2D eigenvalue weighted by atomic mass is 32.2. The van der Waals surface area contributed by atoms with Crippen molar-refractivity contribution in [1.82, 2.24) is 0 Å². The molecule has 3 aromatic rings. The Labute approximate surface area is 215 Å². The van der Waals surface area contributed by atoms with E-state index in [1.165, 1.54) is 39.2 Å². The third-order valence-corrected chi connectivity index (χ3v) is 7.76. The Morgan fingerprint density at radius 3 is 2.14 bits per heavy atom. The summed E-state index contributed by atoms with van der Waals surface area (Å²) in [6, 6.07) is 18.1. The summed E-state index contributed by atoms with van der Waals surface area (Å²) in [6.07, 6.45) is 1.30. The van der Waals surface area contributed by atoms with Crippen LogP contribution >= 0.6 is 0 Å². The monoisotopic (exact) mass is 522 g/mol. The van der Waals surface area contributed by atoms with Crippen molar-refractivity contribution in [2.75, 3.05) is 31.5 Å². The second-order valence-corrected chi connectivity index (χ2v) is 10.2. The van der Waals surface area contributed by atoms with Gasteiger partial charge in [-0.3, -0.25) is 14.5 Å². The van der Waals surface area contributed by atoms with Crippen molar-refractivity contribution in [2.45, 2.75) is 12.3 Å². The lowest BCUT2D eigenvalue weighted by Gasteiger charge is -2.23. The van der Waals surface area contributed by atoms with E-state index in [-0.39, 0.29) is 10.8 Å². The largest absolute Gasteiger partial charge is 0.493 e. The van der Waals surface area contributed by atoms with Gasteiger partial charge >= 0.3 is 0 Å². The molecule has 3 aromatic carbocycles. The van der Waals surface area contributed by atoms with Gasteiger partial charge in [-0.1, -0.05) is 36.4 Å². The number of sulfone groups is 1. The third kappa shape index (κ3) is 4.88. The van der Waals surface area contributed by atoms with Crippen LogP contribution in [0.5, 0.6) is 17.2 Å². The molecule has 0 aliphatic carbocycles. The molecule has 0 spiro atoms. The van der Waals surface area contributed by atoms with E-state index in [0.717, 1.165) is 0 Å². The second kappa shape index (κ2) is 10.4. The van der Waals surface area contributed by atoms with E-state index in [1.54, 1.807) is 66.7 Å². The van der Waals surface area contributed by atoms with Crippen LogP contribution in [-0.4, -0.2) is 41.6 Å². The van der Waals surface area contributed by atoms with Crippen molar-refractivity contribution < 1.29 is 32.2 Å². The van der Waals surface area contributed by atoms with Crippen molar-refractivity contribution in [3.8, 4) is 17.2 Å². The third-order valence-electron chi connectivity index (χ3n) is 5.78. The standard InChI is InChI=1S/C27H26N2O7S/c1-17(30)28-20-11-8-12-21(16-20)29-26(31)24(37(32,33)27(29)19-9-6-5-7-10-19)15-18-13-22(34-2)25(36-4)23(14-18)35-3/h5-16,27H,1-4H3,(H,28,30)/b24-15+. The summed E-state index contributed by atoms with van der Waals surface area (Å²) < 4.78 is 43.9. The van der Waals surface area contributed by atoms with Gasteiger partial charge in [0.05, 0.1) is 21.3 Å². The van der Waals surface area contributed by atoms with Crippen LogP contribution in [0, 0.1) is 0 Å². The quantitative estimate of drug-likeness (QED) is 0.464. The molecule has 0 saturated carbocycles. The maximum atomic E-state index is 13.9. The zero-order valence-corrected chi connectivity index (χ0v) is 21.5. The van der Waals surface area contributed by atoms with Crippen LogP contribution in [0.4, 0.5) is 11.4 Å². The van der Waals surface area contributed by atoms with Gasteiger partial charge in [0.25, 0.3) is 5.91 Å². The fourth-order valence-corrected chi connectivity index (χ4v) is 6.11. The van der Waals surface area contributed by atoms with Crippen molar-refractivity contribution in [2.24, 2.45) is 0 Å². The maximum absolute atomic E-state index is 13.9. The number of nitrogens with zero attached hydrogens (tertiary/aromatic N) is 1. The number of rotatable bonds is 7. The van der Waals surface area contributed by atoms with E-state index in [1.807, 2.05) is 0 Å². The Balaban J connectivity index is 1.91. The van der Waals surface area contributed by atoms with Crippen LogP contribution in [0.25, 0.3) is 6.08 Å². The Kier molecular flexibility index (Phi) is 7.21. The number of hydrogen-bond acceptors (Lipinski definition) is 7. The Morgan fingerprint density at radius 2 is 1.57 bits per heavy atom. The van der Waals surface area contributed by atoms with Crippen molar-refractivity contribution in [1.29, 1.82) is 0 Å². The molecule has 0 bridgehead atoms. The van der Waals surface area contributed by atoms with E-state index in [2.05, 4.69) is 5.32 Å². The fourth-order valence-electron chi connectivity index (χ4n) is 4.22. The van der Waals surface area contributed by atoms with Gasteiger partial charge in [-0.15, -0.1) is 0 Å². The lowest BCUT2D eigenvalue weighted by Crippen LogP contribution is -2.29. The minimum absolute atomic E-state index is 0.292. The zero-order chi connectivity index (χ0) is 26.7. The molecule has 1 N–H and O–H groups in total. The summed E-state index contributed by atoms with van der Waals surface area (Å²) in [4.78, 5) is 26.2. The molecule has 9 nitrogen and oxygen atoms in total. The number of hydrogen-bond donors (Lipinski definition) is 1. The maximum Gasteiger partial charge on any atom is 0.271 e. The first kappa shape index (κ1) is 25.8. The van der Waals surface area contributed by atoms with Gasteiger partial charge in [-0.05, 0) is 47.5 Å². The van der Waals surface area contributed by atoms with Crippen LogP contribution < -0.4 is 24.4 Å². The zero-order valence-electron chi connectivity index (χ0n) is 20.7. The van der Waals surface area contributed by atoms with Gasteiger partial charge in [0.1, 0.15) is 4.91 Å². The van der Waals surface area contributed by atoms with Gasteiger partial charge in [0.15, 0.2) is 16.9 Å². The van der Waals surface area contributed by atoms with Crippen LogP contribution in [0.3, 0.4) is 0 Å². The Morgan fingerprint density at radius 1 is 0.919 bits per heavy atom. The molecule has 1 aliphatic rings. The first-order chi connectivity index (χ1) is 17.7. The first-order valence-corrected chi connectivity index (χ1v) is 12.8. The predicted molar refractivity (Wildman–Crippen MR) is 140 cm³/mol. The number of carbonyl (C=O) groups is 2. The molecule has 1 aliphatic heterocycles. The molecule has 4 rings (SSSR count). The SMILES string of the molecule is COc1cc(/C=C2\C(=O)N(c3cccc(NC(C)=O)c3)C(c3ccccc3)S2(=O)=O)cc(OC)c1OC. The smallest absolute Gasteiger partial charge is 0.271 e. The number of methoxy groups -OCH3 is 3. The molecule has 1 unspecified atom stereocenters. The number of ether oxygens (including phenoxy) is 3. The summed E-state index contributed by atoms with van der Waals surface area (Å²) in [5.74, 6) is -0.0268. The summed E-state index contributed by atoms with van der Waals surface area (Å²) in [5.41, 5.74) is 1.56. The molecule has 1 saturated heterocycles.